The Balaban J connectivity index is 2.77. The average molecular weight is 281 g/mol. The van der Waals surface area contributed by atoms with Gasteiger partial charge >= 0.3 is 5.97 Å². The Morgan fingerprint density at radius 3 is 2.45 bits per heavy atom. The Kier molecular flexibility index (Phi) is 7.84. The van der Waals surface area contributed by atoms with Crippen molar-refractivity contribution >= 4 is 5.97 Å². The van der Waals surface area contributed by atoms with Crippen LogP contribution in [-0.4, -0.2) is 36.9 Å². The minimum Gasteiger partial charge on any atom is -0.464 e. The van der Waals surface area contributed by atoms with Crippen molar-refractivity contribution < 1.29 is 19.0 Å². The topological polar surface area (TPSA) is 57.7 Å². The monoisotopic (exact) mass is 281 g/mol. The Bertz CT molecular complexity index is 383. The SMILES string of the molecule is CCOC(=O)C(CC(OCC)c1ccccn1)OCC. The molecule has 20 heavy (non-hydrogen) atoms. The summed E-state index contributed by atoms with van der Waals surface area (Å²) in [5, 5.41) is 0. The number of rotatable bonds is 9. The third-order valence-corrected chi connectivity index (χ3v) is 2.73. The lowest BCUT2D eigenvalue weighted by molar-refractivity contribution is -0.159. The molecule has 0 saturated carbocycles. The number of nitrogens with zero attached hydrogens (tertiary/aromatic N) is 1. The smallest absolute Gasteiger partial charge is 0.335 e. The van der Waals surface area contributed by atoms with Crippen LogP contribution in [0.15, 0.2) is 24.4 Å². The average Bonchev–Trinajstić information content (AvgIpc) is 2.47. The van der Waals surface area contributed by atoms with Crippen LogP contribution in [0, 0.1) is 0 Å². The van der Waals surface area contributed by atoms with Gasteiger partial charge in [0.1, 0.15) is 6.10 Å². The fraction of sp³-hybridized carbons (Fsp3) is 0.600. The molecule has 0 spiro atoms. The minimum atomic E-state index is -0.626. The molecule has 0 aromatic carbocycles. The first-order chi connectivity index (χ1) is 9.72. The zero-order valence-corrected chi connectivity index (χ0v) is 12.4. The number of esters is 1. The van der Waals surface area contributed by atoms with E-state index >= 15 is 0 Å². The molecule has 0 fully saturated rings. The van der Waals surface area contributed by atoms with Crippen LogP contribution in [0.1, 0.15) is 39.0 Å². The molecule has 5 heteroatoms. The van der Waals surface area contributed by atoms with E-state index in [1.165, 1.54) is 0 Å². The first kappa shape index (κ1) is 16.6. The number of pyridine rings is 1. The molecule has 1 aromatic rings. The van der Waals surface area contributed by atoms with Gasteiger partial charge in [-0.05, 0) is 32.9 Å². The number of carbonyl (C=O) groups excluding carboxylic acids is 1. The van der Waals surface area contributed by atoms with Crippen molar-refractivity contribution in [3.05, 3.63) is 30.1 Å². The van der Waals surface area contributed by atoms with Gasteiger partial charge in [-0.25, -0.2) is 4.79 Å². The summed E-state index contributed by atoms with van der Waals surface area (Å²) in [6.07, 6.45) is 1.21. The van der Waals surface area contributed by atoms with Crippen molar-refractivity contribution in [2.75, 3.05) is 19.8 Å². The number of carbonyl (C=O) groups is 1. The van der Waals surface area contributed by atoms with E-state index in [-0.39, 0.29) is 12.1 Å². The molecule has 112 valence electrons. The van der Waals surface area contributed by atoms with Crippen molar-refractivity contribution in [2.24, 2.45) is 0 Å². The third-order valence-electron chi connectivity index (χ3n) is 2.73. The molecule has 1 rings (SSSR count). The van der Waals surface area contributed by atoms with Crippen LogP contribution in [0.3, 0.4) is 0 Å². The van der Waals surface area contributed by atoms with Crippen molar-refractivity contribution in [1.82, 2.24) is 4.98 Å². The fourth-order valence-corrected chi connectivity index (χ4v) is 1.90. The highest BCUT2D eigenvalue weighted by Gasteiger charge is 2.26. The Labute approximate surface area is 120 Å². The highest BCUT2D eigenvalue weighted by Crippen LogP contribution is 2.22. The number of aromatic nitrogens is 1. The molecule has 0 aliphatic carbocycles. The molecular weight excluding hydrogens is 258 g/mol. The summed E-state index contributed by atoms with van der Waals surface area (Å²) in [4.78, 5) is 16.2. The van der Waals surface area contributed by atoms with Crippen molar-refractivity contribution in [3.63, 3.8) is 0 Å². The largest absolute Gasteiger partial charge is 0.464 e. The lowest BCUT2D eigenvalue weighted by atomic mass is 10.1. The van der Waals surface area contributed by atoms with E-state index in [4.69, 9.17) is 14.2 Å². The molecule has 2 unspecified atom stereocenters. The van der Waals surface area contributed by atoms with Crippen LogP contribution in [0.4, 0.5) is 0 Å². The maximum Gasteiger partial charge on any atom is 0.335 e. The van der Waals surface area contributed by atoms with Gasteiger partial charge in [0.15, 0.2) is 6.10 Å². The van der Waals surface area contributed by atoms with E-state index in [9.17, 15) is 4.79 Å². The fourth-order valence-electron chi connectivity index (χ4n) is 1.90. The van der Waals surface area contributed by atoms with Crippen LogP contribution < -0.4 is 0 Å². The summed E-state index contributed by atoms with van der Waals surface area (Å²) in [5.74, 6) is -0.352. The molecule has 0 aliphatic rings. The Morgan fingerprint density at radius 1 is 1.15 bits per heavy atom. The van der Waals surface area contributed by atoms with E-state index in [1.54, 1.807) is 13.1 Å². The summed E-state index contributed by atoms with van der Waals surface area (Å²) >= 11 is 0. The van der Waals surface area contributed by atoms with Gasteiger partial charge in [0.25, 0.3) is 0 Å². The summed E-state index contributed by atoms with van der Waals surface area (Å²) in [6, 6.07) is 5.63. The number of hydrogen-bond donors (Lipinski definition) is 0. The predicted octanol–water partition coefficient (Wildman–Crippen LogP) is 2.52. The molecule has 0 radical (unpaired) electrons. The van der Waals surface area contributed by atoms with Gasteiger partial charge in [-0.1, -0.05) is 6.07 Å². The van der Waals surface area contributed by atoms with Crippen molar-refractivity contribution in [2.45, 2.75) is 39.4 Å². The van der Waals surface area contributed by atoms with Crippen LogP contribution in [0.25, 0.3) is 0 Å². The molecule has 0 aliphatic heterocycles. The maximum absolute atomic E-state index is 11.9. The van der Waals surface area contributed by atoms with Gasteiger partial charge in [-0.2, -0.15) is 0 Å². The lowest BCUT2D eigenvalue weighted by Gasteiger charge is -2.22. The maximum atomic E-state index is 11.9. The standard InChI is InChI=1S/C15H23NO4/c1-4-18-13(12-9-7-8-10-16-12)11-14(19-5-2)15(17)20-6-3/h7-10,13-14H,4-6,11H2,1-3H3. The molecule has 1 heterocycles. The quantitative estimate of drug-likeness (QED) is 0.651. The molecule has 0 bridgehead atoms. The second kappa shape index (κ2) is 9.44. The first-order valence-electron chi connectivity index (χ1n) is 7.03. The van der Waals surface area contributed by atoms with Gasteiger partial charge in [0, 0.05) is 25.8 Å². The predicted molar refractivity (Wildman–Crippen MR) is 75.3 cm³/mol. The van der Waals surface area contributed by atoms with Gasteiger partial charge < -0.3 is 14.2 Å². The molecule has 5 nitrogen and oxygen atoms in total. The number of hydrogen-bond acceptors (Lipinski definition) is 5. The highest BCUT2D eigenvalue weighted by molar-refractivity contribution is 5.74. The number of ether oxygens (including phenoxy) is 3. The van der Waals surface area contributed by atoms with E-state index in [1.807, 2.05) is 32.0 Å². The van der Waals surface area contributed by atoms with Crippen LogP contribution >= 0.6 is 0 Å². The zero-order valence-electron chi connectivity index (χ0n) is 12.4. The summed E-state index contributed by atoms with van der Waals surface area (Å²) < 4.78 is 16.2. The minimum absolute atomic E-state index is 0.276. The van der Waals surface area contributed by atoms with E-state index in [2.05, 4.69) is 4.98 Å². The molecule has 0 amide bonds. The van der Waals surface area contributed by atoms with Crippen molar-refractivity contribution in [1.29, 1.82) is 0 Å². The Hall–Kier alpha value is -1.46. The van der Waals surface area contributed by atoms with Gasteiger partial charge in [0.05, 0.1) is 12.3 Å². The second-order valence-corrected chi connectivity index (χ2v) is 4.13. The Morgan fingerprint density at radius 2 is 1.90 bits per heavy atom. The molecule has 2 atom stereocenters. The molecule has 0 N–H and O–H groups in total. The molecular formula is C15H23NO4. The normalized spacial score (nSPS) is 13.8. The summed E-state index contributed by atoms with van der Waals surface area (Å²) in [5.41, 5.74) is 0.795. The second-order valence-electron chi connectivity index (χ2n) is 4.13. The van der Waals surface area contributed by atoms with E-state index < -0.39 is 6.10 Å². The van der Waals surface area contributed by atoms with Gasteiger partial charge in [-0.15, -0.1) is 0 Å². The zero-order chi connectivity index (χ0) is 14.8. The highest BCUT2D eigenvalue weighted by atomic mass is 16.6. The van der Waals surface area contributed by atoms with Crippen molar-refractivity contribution in [3.8, 4) is 0 Å². The van der Waals surface area contributed by atoms with E-state index in [0.29, 0.717) is 26.2 Å². The summed E-state index contributed by atoms with van der Waals surface area (Å²) in [6.45, 7) is 6.87. The van der Waals surface area contributed by atoms with Crippen LogP contribution in [0.2, 0.25) is 0 Å². The first-order valence-corrected chi connectivity index (χ1v) is 7.03. The van der Waals surface area contributed by atoms with Gasteiger partial charge in [0.2, 0.25) is 0 Å². The van der Waals surface area contributed by atoms with Crippen LogP contribution in [-0.2, 0) is 19.0 Å². The van der Waals surface area contributed by atoms with Crippen LogP contribution in [0.5, 0.6) is 0 Å². The summed E-state index contributed by atoms with van der Waals surface area (Å²) in [7, 11) is 0. The van der Waals surface area contributed by atoms with Gasteiger partial charge in [-0.3, -0.25) is 4.98 Å². The molecule has 1 aromatic heterocycles. The molecule has 0 saturated heterocycles. The third kappa shape index (κ3) is 5.27. The van der Waals surface area contributed by atoms with E-state index in [0.717, 1.165) is 5.69 Å². The lowest BCUT2D eigenvalue weighted by Crippen LogP contribution is -2.29.